The molecule has 1 saturated carbocycles. The van der Waals surface area contributed by atoms with Crippen LogP contribution in [-0.4, -0.2) is 101 Å². The van der Waals surface area contributed by atoms with Gasteiger partial charge in [0.1, 0.15) is 28.6 Å². The summed E-state index contributed by atoms with van der Waals surface area (Å²) < 4.78 is 44.2. The third-order valence-electron chi connectivity index (χ3n) is 11.8. The van der Waals surface area contributed by atoms with Crippen LogP contribution in [0.4, 0.5) is 14.6 Å². The third kappa shape index (κ3) is 6.28. The van der Waals surface area contributed by atoms with E-state index in [9.17, 15) is 14.3 Å². The van der Waals surface area contributed by atoms with Crippen LogP contribution in [0.25, 0.3) is 32.9 Å². The van der Waals surface area contributed by atoms with Gasteiger partial charge in [-0.1, -0.05) is 18.4 Å². The first-order valence-electron chi connectivity index (χ1n) is 18.5. The number of aromatic nitrogens is 3. The Bertz CT molecular complexity index is 2060. The second kappa shape index (κ2) is 14.1. The number of likely N-dealkylation sites (tertiary alicyclic amines) is 2. The van der Waals surface area contributed by atoms with Crippen molar-refractivity contribution in [3.63, 3.8) is 0 Å². The van der Waals surface area contributed by atoms with Gasteiger partial charge in [-0.05, 0) is 81.1 Å². The largest absolute Gasteiger partial charge is 0.508 e. The van der Waals surface area contributed by atoms with E-state index < -0.39 is 11.6 Å². The molecule has 0 radical (unpaired) electrons. The molecule has 10 nitrogen and oxygen atoms in total. The summed E-state index contributed by atoms with van der Waals surface area (Å²) in [7, 11) is 0. The van der Waals surface area contributed by atoms with Gasteiger partial charge in [0.05, 0.1) is 24.2 Å². The molecule has 12 heteroatoms. The molecule has 2 aromatic carbocycles. The lowest BCUT2D eigenvalue weighted by Crippen LogP contribution is -2.54. The van der Waals surface area contributed by atoms with E-state index in [-0.39, 0.29) is 50.8 Å². The number of pyridine rings is 1. The Balaban J connectivity index is 1.14. The number of benzene rings is 2. The average molecular weight is 711 g/mol. The number of aromatic hydroxyl groups is 1. The van der Waals surface area contributed by atoms with Crippen LogP contribution >= 0.6 is 0 Å². The minimum atomic E-state index is -0.740. The maximum Gasteiger partial charge on any atom is 0.319 e. The normalized spacial score (nSPS) is 22.6. The Morgan fingerprint density at radius 2 is 1.96 bits per heavy atom. The van der Waals surface area contributed by atoms with Gasteiger partial charge in [-0.15, -0.1) is 6.42 Å². The summed E-state index contributed by atoms with van der Waals surface area (Å²) in [5, 5.41) is 11.8. The van der Waals surface area contributed by atoms with Crippen molar-refractivity contribution < 1.29 is 28.2 Å². The van der Waals surface area contributed by atoms with Gasteiger partial charge in [-0.2, -0.15) is 9.97 Å². The summed E-state index contributed by atoms with van der Waals surface area (Å²) in [6.07, 6.45) is 14.5. The van der Waals surface area contributed by atoms with Crippen molar-refractivity contribution in [2.24, 2.45) is 11.3 Å². The lowest BCUT2D eigenvalue weighted by Gasteiger charge is -2.47. The molecule has 52 heavy (non-hydrogen) atoms. The molecule has 0 bridgehead atoms. The number of hydrogen-bond donors (Lipinski definition) is 1. The highest BCUT2D eigenvalue weighted by atomic mass is 19.1. The van der Waals surface area contributed by atoms with E-state index in [2.05, 4.69) is 25.7 Å². The highest BCUT2D eigenvalue weighted by molar-refractivity contribution is 6.03. The van der Waals surface area contributed by atoms with Crippen molar-refractivity contribution in [2.75, 3.05) is 64.0 Å². The fourth-order valence-corrected chi connectivity index (χ4v) is 9.07. The highest BCUT2D eigenvalue weighted by Gasteiger charge is 2.48. The molecule has 5 heterocycles. The fraction of sp³-hybridized carbons (Fsp3) is 0.500. The predicted octanol–water partition coefficient (Wildman–Crippen LogP) is 5.92. The van der Waals surface area contributed by atoms with Crippen molar-refractivity contribution in [3.8, 4) is 35.4 Å². The standard InChI is InChI=1S/C40H44F2N6O4/c1-3-29-32(41)9-8-27-19-28(50)20-30(34(27)29)36-35(42)37-31(21-43-36)38(47-14-6-17-51-18-16-47)45-39(44-37)52-24-40-11-4-7-33(40)46(13-5-12-40)15-10-26-22-48(23-26)25(2)49/h1,8-9,19-21,26,33,50H,4-7,10-18,22-24H2,2H3/t33-,40-/m1/s1. The minimum absolute atomic E-state index is 0.0242. The van der Waals surface area contributed by atoms with Crippen LogP contribution in [-0.2, 0) is 9.53 Å². The zero-order chi connectivity index (χ0) is 36.0. The van der Waals surface area contributed by atoms with Crippen LogP contribution in [0.15, 0.2) is 30.5 Å². The Hall–Kier alpha value is -4.60. The molecule has 3 saturated heterocycles. The molecule has 4 aromatic rings. The van der Waals surface area contributed by atoms with E-state index in [0.717, 1.165) is 71.1 Å². The summed E-state index contributed by atoms with van der Waals surface area (Å²) in [4.78, 5) is 32.4. The van der Waals surface area contributed by atoms with Gasteiger partial charge >= 0.3 is 6.01 Å². The molecule has 8 rings (SSSR count). The Kier molecular flexibility index (Phi) is 9.34. The van der Waals surface area contributed by atoms with Crippen molar-refractivity contribution >= 4 is 33.4 Å². The molecule has 2 aromatic heterocycles. The lowest BCUT2D eigenvalue weighted by atomic mass is 9.75. The smallest absolute Gasteiger partial charge is 0.319 e. The number of fused-ring (bicyclic) bond motifs is 3. The number of ether oxygens (including phenoxy) is 2. The van der Waals surface area contributed by atoms with E-state index in [1.165, 1.54) is 30.5 Å². The molecule has 1 N–H and O–H groups in total. The summed E-state index contributed by atoms with van der Waals surface area (Å²) in [6.45, 7) is 8.16. The molecule has 0 unspecified atom stereocenters. The first-order chi connectivity index (χ1) is 25.2. The maximum atomic E-state index is 17.0. The predicted molar refractivity (Wildman–Crippen MR) is 194 cm³/mol. The van der Waals surface area contributed by atoms with Crippen LogP contribution in [0.3, 0.4) is 0 Å². The first-order valence-corrected chi connectivity index (χ1v) is 18.5. The summed E-state index contributed by atoms with van der Waals surface area (Å²) in [6, 6.07) is 6.02. The van der Waals surface area contributed by atoms with Gasteiger partial charge in [0.2, 0.25) is 5.91 Å². The van der Waals surface area contributed by atoms with Crippen LogP contribution < -0.4 is 9.64 Å². The number of phenols is 1. The molecular formula is C40H44F2N6O4. The van der Waals surface area contributed by atoms with Crippen LogP contribution in [0.2, 0.25) is 0 Å². The third-order valence-corrected chi connectivity index (χ3v) is 11.8. The second-order valence-corrected chi connectivity index (χ2v) is 14.9. The first kappa shape index (κ1) is 34.5. The van der Waals surface area contributed by atoms with Crippen molar-refractivity contribution in [1.29, 1.82) is 0 Å². The number of hydrogen-bond acceptors (Lipinski definition) is 9. The quantitative estimate of drug-likeness (QED) is 0.223. The monoisotopic (exact) mass is 710 g/mol. The number of terminal acetylenes is 1. The van der Waals surface area contributed by atoms with E-state index in [0.29, 0.717) is 61.5 Å². The van der Waals surface area contributed by atoms with Gasteiger partial charge in [-0.25, -0.2) is 8.78 Å². The van der Waals surface area contributed by atoms with Crippen molar-refractivity contribution in [2.45, 2.75) is 57.9 Å². The highest BCUT2D eigenvalue weighted by Crippen LogP contribution is 2.48. The fourth-order valence-electron chi connectivity index (χ4n) is 9.07. The number of amides is 1. The molecule has 4 aliphatic rings. The molecule has 1 aliphatic carbocycles. The van der Waals surface area contributed by atoms with E-state index in [1.807, 2.05) is 4.90 Å². The van der Waals surface area contributed by atoms with E-state index in [1.54, 1.807) is 6.92 Å². The maximum absolute atomic E-state index is 17.0. The average Bonchev–Trinajstić information content (AvgIpc) is 3.37. The number of phenolic OH excluding ortho intramolecular Hbond substituents is 1. The van der Waals surface area contributed by atoms with Crippen LogP contribution in [0.1, 0.15) is 57.4 Å². The molecular weight excluding hydrogens is 666 g/mol. The number of piperidine rings is 1. The molecule has 272 valence electrons. The van der Waals surface area contributed by atoms with E-state index >= 15 is 4.39 Å². The van der Waals surface area contributed by atoms with Gasteiger partial charge in [-0.3, -0.25) is 14.7 Å². The lowest BCUT2D eigenvalue weighted by molar-refractivity contribution is -0.135. The van der Waals surface area contributed by atoms with Crippen molar-refractivity contribution in [3.05, 3.63) is 47.7 Å². The zero-order valence-corrected chi connectivity index (χ0v) is 29.5. The Morgan fingerprint density at radius 3 is 2.79 bits per heavy atom. The van der Waals surface area contributed by atoms with Crippen LogP contribution in [0, 0.1) is 35.3 Å². The number of halogens is 2. The van der Waals surface area contributed by atoms with Crippen molar-refractivity contribution in [1.82, 2.24) is 24.8 Å². The topological polar surface area (TPSA) is 104 Å². The molecule has 1 amide bonds. The Morgan fingerprint density at radius 1 is 1.12 bits per heavy atom. The number of anilines is 1. The number of rotatable bonds is 8. The molecule has 3 aliphatic heterocycles. The number of nitrogens with zero attached hydrogens (tertiary/aromatic N) is 6. The van der Waals surface area contributed by atoms with Gasteiger partial charge < -0.3 is 24.4 Å². The summed E-state index contributed by atoms with van der Waals surface area (Å²) in [5.41, 5.74) is -0.0188. The SMILES string of the molecule is C#Cc1c(F)ccc2cc(O)cc(-c3ncc4c(N5CCCOCC5)nc(OC[C@]56CCC[C@H]5N(CCC5CN(C(C)=O)C5)CCC6)nc4c3F)c12. The summed E-state index contributed by atoms with van der Waals surface area (Å²) in [5.74, 6) is 2.12. The molecule has 4 fully saturated rings. The van der Waals surface area contributed by atoms with E-state index in [4.69, 9.17) is 20.9 Å². The zero-order valence-electron chi connectivity index (χ0n) is 29.5. The van der Waals surface area contributed by atoms with Gasteiger partial charge in [0, 0.05) is 68.3 Å². The molecule has 2 atom stereocenters. The number of carbonyl (C=O) groups is 1. The summed E-state index contributed by atoms with van der Waals surface area (Å²) >= 11 is 0. The van der Waals surface area contributed by atoms with Gasteiger partial charge in [0.25, 0.3) is 0 Å². The second-order valence-electron chi connectivity index (χ2n) is 14.9. The molecule has 0 spiro atoms. The minimum Gasteiger partial charge on any atom is -0.508 e. The van der Waals surface area contributed by atoms with Crippen LogP contribution in [0.5, 0.6) is 11.8 Å². The van der Waals surface area contributed by atoms with Gasteiger partial charge in [0.15, 0.2) is 5.82 Å². The number of carbonyl (C=O) groups excluding carboxylic acids is 1. The Labute approximate surface area is 302 Å².